The van der Waals surface area contributed by atoms with E-state index in [-0.39, 0.29) is 5.56 Å². The molecular weight excluding hydrogens is 284 g/mol. The summed E-state index contributed by atoms with van der Waals surface area (Å²) in [6, 6.07) is 2.56. The zero-order valence-corrected chi connectivity index (χ0v) is 12.7. The molecule has 1 aromatic rings. The first-order chi connectivity index (χ1) is 9.14. The van der Waals surface area contributed by atoms with Crippen LogP contribution < -0.4 is 0 Å². The highest BCUT2D eigenvalue weighted by atomic mass is 32.2. The molecule has 6 heteroatoms. The first-order valence-electron chi connectivity index (χ1n) is 6.61. The van der Waals surface area contributed by atoms with Gasteiger partial charge in [0.2, 0.25) is 10.0 Å². The van der Waals surface area contributed by atoms with Crippen molar-refractivity contribution in [2.45, 2.75) is 44.4 Å². The predicted octanol–water partition coefficient (Wildman–Crippen LogP) is 3.23. The van der Waals surface area contributed by atoms with Gasteiger partial charge in [-0.15, -0.1) is 0 Å². The lowest BCUT2D eigenvalue weighted by Crippen LogP contribution is -2.42. The fourth-order valence-corrected chi connectivity index (χ4v) is 4.09. The van der Waals surface area contributed by atoms with E-state index in [0.29, 0.717) is 19.4 Å². The quantitative estimate of drug-likeness (QED) is 0.841. The van der Waals surface area contributed by atoms with Crippen LogP contribution in [0, 0.1) is 11.6 Å². The van der Waals surface area contributed by atoms with Crippen molar-refractivity contribution in [2.75, 3.05) is 6.54 Å². The summed E-state index contributed by atoms with van der Waals surface area (Å²) in [5, 5.41) is 0. The maximum Gasteiger partial charge on any atom is 0.219 e. The van der Waals surface area contributed by atoms with Crippen LogP contribution in [0.15, 0.2) is 18.2 Å². The number of nitrogens with zero attached hydrogens (tertiary/aromatic N) is 1. The Morgan fingerprint density at radius 2 is 1.90 bits per heavy atom. The van der Waals surface area contributed by atoms with Crippen molar-refractivity contribution < 1.29 is 17.2 Å². The molecule has 1 aromatic carbocycles. The SMILES string of the molecule is CC(C)(C)S(=O)(=O)N1CCC[C@@H]1c1cc(F)ccc1F. The van der Waals surface area contributed by atoms with E-state index < -0.39 is 32.4 Å². The maximum atomic E-state index is 13.9. The molecule has 0 spiro atoms. The highest BCUT2D eigenvalue weighted by molar-refractivity contribution is 7.90. The van der Waals surface area contributed by atoms with E-state index in [0.717, 1.165) is 18.2 Å². The molecule has 1 heterocycles. The van der Waals surface area contributed by atoms with Gasteiger partial charge in [-0.05, 0) is 51.8 Å². The van der Waals surface area contributed by atoms with Crippen LogP contribution >= 0.6 is 0 Å². The van der Waals surface area contributed by atoms with E-state index in [9.17, 15) is 17.2 Å². The van der Waals surface area contributed by atoms with Crippen LogP contribution in [0.3, 0.4) is 0 Å². The summed E-state index contributed by atoms with van der Waals surface area (Å²) in [5.74, 6) is -1.12. The van der Waals surface area contributed by atoms with Crippen molar-refractivity contribution in [3.8, 4) is 0 Å². The van der Waals surface area contributed by atoms with Gasteiger partial charge < -0.3 is 0 Å². The fraction of sp³-hybridized carbons (Fsp3) is 0.571. The molecule has 0 saturated carbocycles. The Kier molecular flexibility index (Phi) is 3.90. The number of sulfonamides is 1. The van der Waals surface area contributed by atoms with Crippen LogP contribution in [0.2, 0.25) is 0 Å². The Hall–Kier alpha value is -1.01. The molecular formula is C14H19F2NO2S. The Labute approximate surface area is 118 Å². The van der Waals surface area contributed by atoms with Crippen molar-refractivity contribution in [3.05, 3.63) is 35.4 Å². The van der Waals surface area contributed by atoms with Gasteiger partial charge in [-0.3, -0.25) is 0 Å². The van der Waals surface area contributed by atoms with Gasteiger partial charge in [0.05, 0.1) is 10.8 Å². The smallest absolute Gasteiger partial charge is 0.212 e. The van der Waals surface area contributed by atoms with Crippen LogP contribution in [-0.2, 0) is 10.0 Å². The summed E-state index contributed by atoms with van der Waals surface area (Å²) in [4.78, 5) is 0. The van der Waals surface area contributed by atoms with Crippen LogP contribution in [0.4, 0.5) is 8.78 Å². The second kappa shape index (κ2) is 5.07. The molecule has 1 aliphatic rings. The molecule has 0 radical (unpaired) electrons. The van der Waals surface area contributed by atoms with E-state index in [1.165, 1.54) is 4.31 Å². The lowest BCUT2D eigenvalue weighted by atomic mass is 10.0. The van der Waals surface area contributed by atoms with Gasteiger partial charge in [-0.1, -0.05) is 0 Å². The Bertz CT molecular complexity index is 608. The summed E-state index contributed by atoms with van der Waals surface area (Å²) in [5.41, 5.74) is 0.121. The third-order valence-electron chi connectivity index (χ3n) is 3.60. The number of rotatable bonds is 2. The highest BCUT2D eigenvalue weighted by Gasteiger charge is 2.42. The second-order valence-corrected chi connectivity index (χ2v) is 8.70. The van der Waals surface area contributed by atoms with Crippen molar-refractivity contribution >= 4 is 10.0 Å². The standard InChI is InChI=1S/C14H19F2NO2S/c1-14(2,3)20(18,19)17-8-4-5-13(17)11-9-10(15)6-7-12(11)16/h6-7,9,13H,4-5,8H2,1-3H3/t13-/m1/s1. The van der Waals surface area contributed by atoms with Crippen LogP contribution in [-0.4, -0.2) is 24.0 Å². The van der Waals surface area contributed by atoms with Crippen molar-refractivity contribution in [1.29, 1.82) is 0 Å². The Morgan fingerprint density at radius 3 is 2.50 bits per heavy atom. The highest BCUT2D eigenvalue weighted by Crippen LogP contribution is 2.38. The molecule has 2 rings (SSSR count). The minimum absolute atomic E-state index is 0.121. The van der Waals surface area contributed by atoms with Gasteiger partial charge in [0, 0.05) is 12.1 Å². The number of hydrogen-bond acceptors (Lipinski definition) is 2. The summed E-state index contributed by atoms with van der Waals surface area (Å²) < 4.78 is 52.7. The molecule has 1 aliphatic heterocycles. The molecule has 1 fully saturated rings. The normalized spacial score (nSPS) is 21.4. The molecule has 1 saturated heterocycles. The van der Waals surface area contributed by atoms with Gasteiger partial charge >= 0.3 is 0 Å². The molecule has 112 valence electrons. The first-order valence-corrected chi connectivity index (χ1v) is 8.05. The molecule has 0 aliphatic carbocycles. The van der Waals surface area contributed by atoms with Gasteiger partial charge in [0.25, 0.3) is 0 Å². The minimum Gasteiger partial charge on any atom is -0.212 e. The van der Waals surface area contributed by atoms with Gasteiger partial charge in [0.15, 0.2) is 0 Å². The van der Waals surface area contributed by atoms with Crippen LogP contribution in [0.5, 0.6) is 0 Å². The minimum atomic E-state index is -3.56. The molecule has 0 aromatic heterocycles. The van der Waals surface area contributed by atoms with Crippen LogP contribution in [0.25, 0.3) is 0 Å². The topological polar surface area (TPSA) is 37.4 Å². The zero-order chi connectivity index (χ0) is 15.1. The number of hydrogen-bond donors (Lipinski definition) is 0. The van der Waals surface area contributed by atoms with E-state index in [1.54, 1.807) is 20.8 Å². The van der Waals surface area contributed by atoms with Gasteiger partial charge in [-0.25, -0.2) is 17.2 Å². The van der Waals surface area contributed by atoms with Crippen molar-refractivity contribution in [1.82, 2.24) is 4.31 Å². The lowest BCUT2D eigenvalue weighted by molar-refractivity contribution is 0.371. The molecule has 0 N–H and O–H groups in total. The Balaban J connectivity index is 2.45. The fourth-order valence-electron chi connectivity index (χ4n) is 2.46. The molecule has 20 heavy (non-hydrogen) atoms. The number of benzene rings is 1. The lowest BCUT2D eigenvalue weighted by Gasteiger charge is -2.31. The van der Waals surface area contributed by atoms with Crippen molar-refractivity contribution in [3.63, 3.8) is 0 Å². The Morgan fingerprint density at radius 1 is 1.25 bits per heavy atom. The van der Waals surface area contributed by atoms with E-state index in [2.05, 4.69) is 0 Å². The monoisotopic (exact) mass is 303 g/mol. The maximum absolute atomic E-state index is 13.9. The van der Waals surface area contributed by atoms with Gasteiger partial charge in [-0.2, -0.15) is 4.31 Å². The largest absolute Gasteiger partial charge is 0.219 e. The van der Waals surface area contributed by atoms with E-state index >= 15 is 0 Å². The summed E-state index contributed by atoms with van der Waals surface area (Å²) in [7, 11) is -3.56. The van der Waals surface area contributed by atoms with E-state index in [4.69, 9.17) is 0 Å². The first kappa shape index (κ1) is 15.4. The summed E-state index contributed by atoms with van der Waals surface area (Å²) >= 11 is 0. The van der Waals surface area contributed by atoms with Crippen LogP contribution in [0.1, 0.15) is 45.2 Å². The average molecular weight is 303 g/mol. The second-order valence-electron chi connectivity index (χ2n) is 6.05. The predicted molar refractivity (Wildman–Crippen MR) is 73.7 cm³/mol. The third-order valence-corrected chi connectivity index (χ3v) is 6.21. The molecule has 0 bridgehead atoms. The third kappa shape index (κ3) is 2.59. The number of halogens is 2. The zero-order valence-electron chi connectivity index (χ0n) is 11.9. The van der Waals surface area contributed by atoms with Gasteiger partial charge in [0.1, 0.15) is 11.6 Å². The van der Waals surface area contributed by atoms with Crippen molar-refractivity contribution in [2.24, 2.45) is 0 Å². The van der Waals surface area contributed by atoms with E-state index in [1.807, 2.05) is 0 Å². The molecule has 1 atom stereocenters. The molecule has 0 unspecified atom stereocenters. The molecule has 0 amide bonds. The summed E-state index contributed by atoms with van der Waals surface area (Å²) in [6.07, 6.45) is 1.16. The molecule has 3 nitrogen and oxygen atoms in total. The summed E-state index contributed by atoms with van der Waals surface area (Å²) in [6.45, 7) is 5.18. The average Bonchev–Trinajstić information content (AvgIpc) is 2.80.